The molecular weight excluding hydrogens is 224 g/mol. The van der Waals surface area contributed by atoms with Crippen LogP contribution in [0.15, 0.2) is 9.95 Å². The van der Waals surface area contributed by atoms with E-state index in [2.05, 4.69) is 24.0 Å². The van der Waals surface area contributed by atoms with Gasteiger partial charge in [-0.2, -0.15) is 0 Å². The minimum absolute atomic E-state index is 0.145. The highest BCUT2D eigenvalue weighted by Crippen LogP contribution is 2.17. The lowest BCUT2D eigenvalue weighted by Crippen LogP contribution is -2.30. The van der Waals surface area contributed by atoms with Crippen LogP contribution in [0.1, 0.15) is 27.2 Å². The van der Waals surface area contributed by atoms with Crippen molar-refractivity contribution < 1.29 is 0 Å². The molecule has 0 aliphatic heterocycles. The first-order chi connectivity index (χ1) is 7.60. The molecule has 0 aliphatic rings. The number of aromatic amines is 1. The third-order valence-corrected chi connectivity index (χ3v) is 3.94. The summed E-state index contributed by atoms with van der Waals surface area (Å²) in [5.74, 6) is 1.28. The Hall–Kier alpha value is -0.750. The third-order valence-electron chi connectivity index (χ3n) is 2.82. The first-order valence-electron chi connectivity index (χ1n) is 5.63. The maximum absolute atomic E-state index is 11.3. The molecule has 2 unspecified atom stereocenters. The molecule has 0 bridgehead atoms. The Balaban J connectivity index is 2.57. The highest BCUT2D eigenvalue weighted by molar-refractivity contribution is 7.99. The second kappa shape index (κ2) is 6.10. The average Bonchev–Trinajstić information content (AvgIpc) is 2.65. The van der Waals surface area contributed by atoms with Crippen LogP contribution in [0.2, 0.25) is 0 Å². The summed E-state index contributed by atoms with van der Waals surface area (Å²) in [6.07, 6.45) is 1.07. The Morgan fingerprint density at radius 1 is 1.56 bits per heavy atom. The van der Waals surface area contributed by atoms with Crippen molar-refractivity contribution in [3.05, 3.63) is 10.5 Å². The lowest BCUT2D eigenvalue weighted by molar-refractivity contribution is 0.475. The summed E-state index contributed by atoms with van der Waals surface area (Å²) in [5, 5.41) is 7.16. The molecule has 0 aromatic carbocycles. The van der Waals surface area contributed by atoms with Crippen molar-refractivity contribution in [1.29, 1.82) is 0 Å². The molecule has 0 saturated carbocycles. The van der Waals surface area contributed by atoms with Gasteiger partial charge in [0.2, 0.25) is 0 Å². The predicted molar refractivity (Wildman–Crippen MR) is 66.7 cm³/mol. The molecule has 1 rings (SSSR count). The zero-order valence-electron chi connectivity index (χ0n) is 10.1. The van der Waals surface area contributed by atoms with Crippen LogP contribution >= 0.6 is 11.8 Å². The molecular formula is C10H20N4OS. The molecule has 6 heteroatoms. The molecule has 0 fully saturated rings. The van der Waals surface area contributed by atoms with Gasteiger partial charge >= 0.3 is 5.69 Å². The smallest absolute Gasteiger partial charge is 0.327 e. The molecule has 1 heterocycles. The van der Waals surface area contributed by atoms with Gasteiger partial charge in [0.25, 0.3) is 0 Å². The molecule has 0 radical (unpaired) electrons. The minimum atomic E-state index is -0.151. The maximum atomic E-state index is 11.3. The van der Waals surface area contributed by atoms with Gasteiger partial charge in [-0.15, -0.1) is 5.10 Å². The van der Waals surface area contributed by atoms with Crippen LogP contribution in [0.25, 0.3) is 0 Å². The van der Waals surface area contributed by atoms with Crippen molar-refractivity contribution in [1.82, 2.24) is 14.8 Å². The summed E-state index contributed by atoms with van der Waals surface area (Å²) in [4.78, 5) is 11.3. The van der Waals surface area contributed by atoms with Gasteiger partial charge in [0.15, 0.2) is 5.16 Å². The first kappa shape index (κ1) is 13.3. The number of hydrogen-bond acceptors (Lipinski definition) is 4. The lowest BCUT2D eigenvalue weighted by Gasteiger charge is -2.17. The standard InChI is InChI=1S/C10H20N4OS/c1-4-7(3)8(11)6-16-10-13-12-9(15)14(10)5-2/h7-8H,4-6,11H2,1-3H3,(H,12,15). The van der Waals surface area contributed by atoms with Crippen LogP contribution < -0.4 is 11.4 Å². The topological polar surface area (TPSA) is 76.7 Å². The fourth-order valence-corrected chi connectivity index (χ4v) is 2.48. The van der Waals surface area contributed by atoms with Crippen molar-refractivity contribution in [2.75, 3.05) is 5.75 Å². The quantitative estimate of drug-likeness (QED) is 0.734. The van der Waals surface area contributed by atoms with Gasteiger partial charge in [0.1, 0.15) is 0 Å². The molecule has 92 valence electrons. The van der Waals surface area contributed by atoms with E-state index in [9.17, 15) is 4.79 Å². The van der Waals surface area contributed by atoms with Gasteiger partial charge in [0, 0.05) is 18.3 Å². The summed E-state index contributed by atoms with van der Waals surface area (Å²) in [5.41, 5.74) is 5.88. The molecule has 2 atom stereocenters. The van der Waals surface area contributed by atoms with E-state index in [4.69, 9.17) is 5.73 Å². The summed E-state index contributed by atoms with van der Waals surface area (Å²) in [7, 11) is 0. The van der Waals surface area contributed by atoms with Gasteiger partial charge in [-0.05, 0) is 12.8 Å². The third kappa shape index (κ3) is 3.12. The number of aromatic nitrogens is 3. The maximum Gasteiger partial charge on any atom is 0.343 e. The van der Waals surface area contributed by atoms with Gasteiger partial charge < -0.3 is 5.73 Å². The number of rotatable bonds is 6. The Bertz CT molecular complexity index is 373. The summed E-state index contributed by atoms with van der Waals surface area (Å²) in [6.45, 7) is 6.83. The predicted octanol–water partition coefficient (Wildman–Crippen LogP) is 1.06. The fraction of sp³-hybridized carbons (Fsp3) is 0.800. The van der Waals surface area contributed by atoms with Crippen LogP contribution in [-0.2, 0) is 6.54 Å². The van der Waals surface area contributed by atoms with Crippen LogP contribution in [0, 0.1) is 5.92 Å². The minimum Gasteiger partial charge on any atom is -0.327 e. The van der Waals surface area contributed by atoms with Crippen molar-refractivity contribution in [2.45, 2.75) is 44.9 Å². The first-order valence-corrected chi connectivity index (χ1v) is 6.62. The molecule has 16 heavy (non-hydrogen) atoms. The van der Waals surface area contributed by atoms with Crippen LogP contribution in [0.4, 0.5) is 0 Å². The molecule has 0 spiro atoms. The Morgan fingerprint density at radius 3 is 2.81 bits per heavy atom. The molecule has 1 aromatic heterocycles. The van der Waals surface area contributed by atoms with E-state index in [-0.39, 0.29) is 11.7 Å². The van der Waals surface area contributed by atoms with E-state index in [0.29, 0.717) is 12.5 Å². The summed E-state index contributed by atoms with van der Waals surface area (Å²) in [6, 6.07) is 0.145. The van der Waals surface area contributed by atoms with Crippen molar-refractivity contribution >= 4 is 11.8 Å². The zero-order valence-corrected chi connectivity index (χ0v) is 10.9. The van der Waals surface area contributed by atoms with E-state index in [0.717, 1.165) is 17.3 Å². The van der Waals surface area contributed by atoms with Gasteiger partial charge in [-0.25, -0.2) is 9.89 Å². The van der Waals surface area contributed by atoms with Crippen molar-refractivity contribution in [2.24, 2.45) is 11.7 Å². The zero-order chi connectivity index (χ0) is 12.1. The largest absolute Gasteiger partial charge is 0.343 e. The lowest BCUT2D eigenvalue weighted by atomic mass is 10.0. The molecule has 1 aromatic rings. The van der Waals surface area contributed by atoms with E-state index in [1.807, 2.05) is 6.92 Å². The normalized spacial score (nSPS) is 15.0. The van der Waals surface area contributed by atoms with Crippen LogP contribution in [0.3, 0.4) is 0 Å². The van der Waals surface area contributed by atoms with E-state index >= 15 is 0 Å². The number of nitrogens with two attached hydrogens (primary N) is 1. The van der Waals surface area contributed by atoms with Gasteiger partial charge in [0.05, 0.1) is 0 Å². The van der Waals surface area contributed by atoms with Crippen LogP contribution in [0.5, 0.6) is 0 Å². The van der Waals surface area contributed by atoms with Crippen LogP contribution in [-0.4, -0.2) is 26.6 Å². The second-order valence-corrected chi connectivity index (χ2v) is 4.90. The van der Waals surface area contributed by atoms with Crippen molar-refractivity contribution in [3.8, 4) is 0 Å². The number of nitrogens with zero attached hydrogens (tertiary/aromatic N) is 2. The van der Waals surface area contributed by atoms with Gasteiger partial charge in [-0.3, -0.25) is 4.57 Å². The molecule has 0 saturated heterocycles. The van der Waals surface area contributed by atoms with Gasteiger partial charge in [-0.1, -0.05) is 32.0 Å². The average molecular weight is 244 g/mol. The number of thioether (sulfide) groups is 1. The van der Waals surface area contributed by atoms with E-state index < -0.39 is 0 Å². The Morgan fingerprint density at radius 2 is 2.25 bits per heavy atom. The number of hydrogen-bond donors (Lipinski definition) is 2. The molecule has 0 aliphatic carbocycles. The monoisotopic (exact) mass is 244 g/mol. The fourth-order valence-electron chi connectivity index (χ4n) is 1.33. The highest BCUT2D eigenvalue weighted by atomic mass is 32.2. The summed E-state index contributed by atoms with van der Waals surface area (Å²) >= 11 is 1.54. The Labute approximate surface area is 99.8 Å². The number of nitrogens with one attached hydrogen (secondary N) is 1. The summed E-state index contributed by atoms with van der Waals surface area (Å²) < 4.78 is 1.62. The Kier molecular flexibility index (Phi) is 5.08. The van der Waals surface area contributed by atoms with E-state index in [1.165, 1.54) is 11.8 Å². The molecule has 0 amide bonds. The SMILES string of the molecule is CCC(C)C(N)CSc1n[nH]c(=O)n1CC. The molecule has 3 N–H and O–H groups in total. The number of H-pyrrole nitrogens is 1. The second-order valence-electron chi connectivity index (χ2n) is 3.92. The highest BCUT2D eigenvalue weighted by Gasteiger charge is 2.13. The molecule has 5 nitrogen and oxygen atoms in total. The van der Waals surface area contributed by atoms with Crippen molar-refractivity contribution in [3.63, 3.8) is 0 Å². The van der Waals surface area contributed by atoms with E-state index in [1.54, 1.807) is 4.57 Å².